The quantitative estimate of drug-likeness (QED) is 0.890. The molecule has 0 aliphatic carbocycles. The standard InChI is InChI=1S/C14H23N5/c15-13-9-17-14(10-16-13)19-7-3-12(4-8-19)11-18-5-1-2-6-18/h9-10,12H,1-8,11H2,(H2,15,16). The number of hydrogen-bond acceptors (Lipinski definition) is 5. The number of anilines is 2. The molecule has 104 valence electrons. The Kier molecular flexibility index (Phi) is 3.82. The number of nitrogens with two attached hydrogens (primary N) is 1. The molecule has 3 rings (SSSR count). The van der Waals surface area contributed by atoms with Gasteiger partial charge in [0.2, 0.25) is 0 Å². The van der Waals surface area contributed by atoms with Gasteiger partial charge in [-0.3, -0.25) is 0 Å². The second-order valence-electron chi connectivity index (χ2n) is 5.74. The van der Waals surface area contributed by atoms with E-state index in [1.807, 2.05) is 0 Å². The molecule has 0 amide bonds. The molecule has 0 aromatic carbocycles. The van der Waals surface area contributed by atoms with Crippen LogP contribution in [0.2, 0.25) is 0 Å². The lowest BCUT2D eigenvalue weighted by molar-refractivity contribution is 0.249. The van der Waals surface area contributed by atoms with Crippen molar-refractivity contribution in [2.24, 2.45) is 5.92 Å². The van der Waals surface area contributed by atoms with Crippen LogP contribution in [0.1, 0.15) is 25.7 Å². The maximum Gasteiger partial charge on any atom is 0.147 e. The van der Waals surface area contributed by atoms with E-state index in [2.05, 4.69) is 19.8 Å². The van der Waals surface area contributed by atoms with Gasteiger partial charge in [-0.05, 0) is 44.7 Å². The van der Waals surface area contributed by atoms with Crippen molar-refractivity contribution in [2.45, 2.75) is 25.7 Å². The Labute approximate surface area is 114 Å². The summed E-state index contributed by atoms with van der Waals surface area (Å²) in [5, 5.41) is 0. The minimum absolute atomic E-state index is 0.493. The van der Waals surface area contributed by atoms with Crippen molar-refractivity contribution in [1.82, 2.24) is 14.9 Å². The van der Waals surface area contributed by atoms with Crippen LogP contribution in [0.3, 0.4) is 0 Å². The van der Waals surface area contributed by atoms with Crippen LogP contribution in [0.4, 0.5) is 11.6 Å². The highest BCUT2D eigenvalue weighted by atomic mass is 15.2. The first-order valence-corrected chi connectivity index (χ1v) is 7.36. The van der Waals surface area contributed by atoms with Crippen LogP contribution < -0.4 is 10.6 Å². The monoisotopic (exact) mass is 261 g/mol. The number of likely N-dealkylation sites (tertiary alicyclic amines) is 1. The van der Waals surface area contributed by atoms with Gasteiger partial charge in [-0.1, -0.05) is 0 Å². The fourth-order valence-corrected chi connectivity index (χ4v) is 3.17. The smallest absolute Gasteiger partial charge is 0.147 e. The molecule has 1 aromatic rings. The minimum Gasteiger partial charge on any atom is -0.382 e. The Morgan fingerprint density at radius 3 is 2.42 bits per heavy atom. The summed E-state index contributed by atoms with van der Waals surface area (Å²) in [5.41, 5.74) is 5.57. The molecule has 19 heavy (non-hydrogen) atoms. The van der Waals surface area contributed by atoms with Gasteiger partial charge in [0.1, 0.15) is 11.6 Å². The molecule has 2 saturated heterocycles. The third-order valence-electron chi connectivity index (χ3n) is 4.31. The number of piperidine rings is 1. The molecule has 2 fully saturated rings. The van der Waals surface area contributed by atoms with E-state index in [1.165, 1.54) is 45.3 Å². The van der Waals surface area contributed by atoms with Crippen molar-refractivity contribution in [3.8, 4) is 0 Å². The van der Waals surface area contributed by atoms with Gasteiger partial charge < -0.3 is 15.5 Å². The van der Waals surface area contributed by atoms with Gasteiger partial charge in [-0.15, -0.1) is 0 Å². The molecule has 5 nitrogen and oxygen atoms in total. The minimum atomic E-state index is 0.493. The van der Waals surface area contributed by atoms with Crippen molar-refractivity contribution >= 4 is 11.6 Å². The number of hydrogen-bond donors (Lipinski definition) is 1. The molecular formula is C14H23N5. The molecule has 1 aromatic heterocycles. The van der Waals surface area contributed by atoms with Crippen LogP contribution in [0.15, 0.2) is 12.4 Å². The van der Waals surface area contributed by atoms with E-state index in [0.717, 1.165) is 24.8 Å². The Morgan fingerprint density at radius 1 is 1.05 bits per heavy atom. The lowest BCUT2D eigenvalue weighted by atomic mass is 9.96. The topological polar surface area (TPSA) is 58.3 Å². The van der Waals surface area contributed by atoms with E-state index in [-0.39, 0.29) is 0 Å². The molecule has 2 aliphatic heterocycles. The summed E-state index contributed by atoms with van der Waals surface area (Å²) in [4.78, 5) is 13.4. The Bertz CT molecular complexity index is 391. The molecule has 3 heterocycles. The second kappa shape index (κ2) is 5.74. The van der Waals surface area contributed by atoms with Gasteiger partial charge in [0.05, 0.1) is 12.4 Å². The first kappa shape index (κ1) is 12.7. The van der Waals surface area contributed by atoms with Crippen molar-refractivity contribution in [2.75, 3.05) is 43.4 Å². The number of nitrogen functional groups attached to an aromatic ring is 1. The van der Waals surface area contributed by atoms with E-state index in [4.69, 9.17) is 5.73 Å². The summed E-state index contributed by atoms with van der Waals surface area (Å²) in [6, 6.07) is 0. The molecule has 0 saturated carbocycles. The highest BCUT2D eigenvalue weighted by Crippen LogP contribution is 2.23. The van der Waals surface area contributed by atoms with E-state index >= 15 is 0 Å². The van der Waals surface area contributed by atoms with Crippen LogP contribution in [0, 0.1) is 5.92 Å². The van der Waals surface area contributed by atoms with Gasteiger partial charge in [0.25, 0.3) is 0 Å². The lowest BCUT2D eigenvalue weighted by Gasteiger charge is -2.34. The largest absolute Gasteiger partial charge is 0.382 e. The zero-order valence-electron chi connectivity index (χ0n) is 11.5. The molecule has 0 radical (unpaired) electrons. The third kappa shape index (κ3) is 3.15. The van der Waals surface area contributed by atoms with E-state index in [0.29, 0.717) is 5.82 Å². The van der Waals surface area contributed by atoms with Crippen LogP contribution in [-0.4, -0.2) is 47.6 Å². The van der Waals surface area contributed by atoms with Crippen LogP contribution in [0.25, 0.3) is 0 Å². The summed E-state index contributed by atoms with van der Waals surface area (Å²) < 4.78 is 0. The van der Waals surface area contributed by atoms with Gasteiger partial charge in [0, 0.05) is 19.6 Å². The number of nitrogens with zero attached hydrogens (tertiary/aromatic N) is 4. The average Bonchev–Trinajstić information content (AvgIpc) is 2.94. The highest BCUT2D eigenvalue weighted by molar-refractivity contribution is 5.39. The maximum atomic E-state index is 5.57. The first-order valence-electron chi connectivity index (χ1n) is 7.36. The van der Waals surface area contributed by atoms with E-state index in [1.54, 1.807) is 12.4 Å². The number of rotatable bonds is 3. The SMILES string of the molecule is Nc1cnc(N2CCC(CN3CCCC3)CC2)cn1. The summed E-state index contributed by atoms with van der Waals surface area (Å²) in [6.45, 7) is 6.10. The first-order chi connectivity index (χ1) is 9.31. The van der Waals surface area contributed by atoms with Crippen LogP contribution in [-0.2, 0) is 0 Å². The van der Waals surface area contributed by atoms with Gasteiger partial charge in [0.15, 0.2) is 0 Å². The maximum absolute atomic E-state index is 5.57. The molecule has 0 spiro atoms. The molecular weight excluding hydrogens is 238 g/mol. The fourth-order valence-electron chi connectivity index (χ4n) is 3.17. The van der Waals surface area contributed by atoms with Crippen molar-refractivity contribution in [3.63, 3.8) is 0 Å². The Hall–Kier alpha value is -1.36. The molecule has 0 atom stereocenters. The lowest BCUT2D eigenvalue weighted by Crippen LogP contribution is -2.38. The summed E-state index contributed by atoms with van der Waals surface area (Å²) in [5.74, 6) is 2.32. The van der Waals surface area contributed by atoms with Gasteiger partial charge in [-0.2, -0.15) is 0 Å². The van der Waals surface area contributed by atoms with Gasteiger partial charge in [-0.25, -0.2) is 9.97 Å². The predicted molar refractivity (Wildman–Crippen MR) is 77.1 cm³/mol. The van der Waals surface area contributed by atoms with E-state index in [9.17, 15) is 0 Å². The molecule has 5 heteroatoms. The highest BCUT2D eigenvalue weighted by Gasteiger charge is 2.23. The average molecular weight is 261 g/mol. The summed E-state index contributed by atoms with van der Waals surface area (Å²) in [6.07, 6.45) is 8.74. The molecule has 0 unspecified atom stereocenters. The number of aromatic nitrogens is 2. The summed E-state index contributed by atoms with van der Waals surface area (Å²) >= 11 is 0. The molecule has 2 aliphatic rings. The third-order valence-corrected chi connectivity index (χ3v) is 4.31. The zero-order valence-corrected chi connectivity index (χ0v) is 11.5. The normalized spacial score (nSPS) is 22.0. The molecule has 0 bridgehead atoms. The van der Waals surface area contributed by atoms with Crippen molar-refractivity contribution < 1.29 is 0 Å². The summed E-state index contributed by atoms with van der Waals surface area (Å²) in [7, 11) is 0. The molecule has 2 N–H and O–H groups in total. The van der Waals surface area contributed by atoms with Gasteiger partial charge >= 0.3 is 0 Å². The van der Waals surface area contributed by atoms with Crippen LogP contribution >= 0.6 is 0 Å². The second-order valence-corrected chi connectivity index (χ2v) is 5.74. The van der Waals surface area contributed by atoms with Crippen LogP contribution in [0.5, 0.6) is 0 Å². The Morgan fingerprint density at radius 2 is 1.79 bits per heavy atom. The van der Waals surface area contributed by atoms with E-state index < -0.39 is 0 Å². The zero-order chi connectivity index (χ0) is 13.1. The fraction of sp³-hybridized carbons (Fsp3) is 0.714. The van der Waals surface area contributed by atoms with Crippen molar-refractivity contribution in [1.29, 1.82) is 0 Å². The van der Waals surface area contributed by atoms with Crippen molar-refractivity contribution in [3.05, 3.63) is 12.4 Å². The Balaban J connectivity index is 1.50. The predicted octanol–water partition coefficient (Wildman–Crippen LogP) is 1.37.